The number of amides is 6. The van der Waals surface area contributed by atoms with Gasteiger partial charge in [0.05, 0.1) is 6.10 Å². The molecule has 6 amide bonds. The number of nitrogens with zero attached hydrogens (tertiary/aromatic N) is 2. The SMILES string of the molecule is CC[C@H](C)[C@@H]1NC(=O)[C@H]([C@@H](C)O)NC(=O)[C@H]2CCCN2C(=O)[C@H](Cc2c[nH]c3ccccc23)NC(=O)[C@H](CCCN=C(N)N)NC(=O)[C@@H](C(C)N)NC1=O. The summed E-state index contributed by atoms with van der Waals surface area (Å²) in [6.45, 7) is 6.68. The number of nitrogens with two attached hydrogens (primary N) is 3. The Morgan fingerprint density at radius 2 is 1.50 bits per heavy atom. The number of carbonyl (C=O) groups excluding carboxylic acids is 6. The lowest BCUT2D eigenvalue weighted by molar-refractivity contribution is -0.143. The lowest BCUT2D eigenvalue weighted by atomic mass is 9.96. The molecular formula is C36H55N11O7. The van der Waals surface area contributed by atoms with E-state index in [1.165, 1.54) is 18.7 Å². The van der Waals surface area contributed by atoms with Gasteiger partial charge >= 0.3 is 0 Å². The van der Waals surface area contributed by atoms with Crippen molar-refractivity contribution in [2.45, 2.75) is 115 Å². The second kappa shape index (κ2) is 18.7. The molecule has 18 nitrogen and oxygen atoms in total. The summed E-state index contributed by atoms with van der Waals surface area (Å²) >= 11 is 0. The van der Waals surface area contributed by atoms with E-state index in [2.05, 4.69) is 36.6 Å². The Kier molecular flexibility index (Phi) is 14.4. The molecule has 0 aliphatic carbocycles. The lowest BCUT2D eigenvalue weighted by Crippen LogP contribution is -2.65. The highest BCUT2D eigenvalue weighted by Crippen LogP contribution is 2.23. The minimum Gasteiger partial charge on any atom is -0.391 e. The number of rotatable bonds is 10. The molecule has 0 radical (unpaired) electrons. The van der Waals surface area contributed by atoms with Gasteiger partial charge < -0.3 is 58.8 Å². The van der Waals surface area contributed by atoms with Gasteiger partial charge in [0.25, 0.3) is 0 Å². The van der Waals surface area contributed by atoms with Gasteiger partial charge in [-0.15, -0.1) is 0 Å². The number of H-pyrrole nitrogens is 1. The summed E-state index contributed by atoms with van der Waals surface area (Å²) in [5.74, 6) is -4.85. The van der Waals surface area contributed by atoms with Gasteiger partial charge in [0.2, 0.25) is 35.4 Å². The number of para-hydroxylation sites is 1. The summed E-state index contributed by atoms with van der Waals surface area (Å²) in [6, 6.07) is -0.970. The second-order valence-electron chi connectivity index (χ2n) is 14.3. The highest BCUT2D eigenvalue weighted by molar-refractivity contribution is 5.99. The number of aromatic amines is 1. The van der Waals surface area contributed by atoms with Crippen LogP contribution in [0, 0.1) is 5.92 Å². The maximum Gasteiger partial charge on any atom is 0.246 e. The number of guanidine groups is 1. The molecular weight excluding hydrogens is 698 g/mol. The largest absolute Gasteiger partial charge is 0.391 e. The van der Waals surface area contributed by atoms with Crippen LogP contribution in [-0.2, 0) is 35.2 Å². The molecule has 2 aliphatic rings. The molecule has 0 saturated carbocycles. The van der Waals surface area contributed by atoms with Gasteiger partial charge in [0.15, 0.2) is 5.96 Å². The van der Waals surface area contributed by atoms with Gasteiger partial charge in [-0.1, -0.05) is 38.5 Å². The molecule has 2 fully saturated rings. The van der Waals surface area contributed by atoms with E-state index in [-0.39, 0.29) is 44.7 Å². The number of aliphatic hydroxyl groups excluding tert-OH is 1. The van der Waals surface area contributed by atoms with Crippen molar-refractivity contribution in [3.05, 3.63) is 36.0 Å². The molecule has 4 rings (SSSR count). The first kappa shape index (κ1) is 41.5. The average Bonchev–Trinajstić information content (AvgIpc) is 3.79. The fourth-order valence-electron chi connectivity index (χ4n) is 6.81. The number of hydrogen-bond acceptors (Lipinski definition) is 9. The van der Waals surface area contributed by atoms with Crippen molar-refractivity contribution in [2.75, 3.05) is 13.1 Å². The summed E-state index contributed by atoms with van der Waals surface area (Å²) < 4.78 is 0. The number of fused-ring (bicyclic) bond motifs is 2. The molecule has 0 spiro atoms. The average molecular weight is 754 g/mol. The number of nitrogens with one attached hydrogen (secondary N) is 6. The molecule has 0 bridgehead atoms. The van der Waals surface area contributed by atoms with Crippen LogP contribution in [-0.4, -0.2) is 118 Å². The van der Waals surface area contributed by atoms with Crippen LogP contribution in [0.2, 0.25) is 0 Å². The number of hydrogen-bond donors (Lipinski definition) is 10. The highest BCUT2D eigenvalue weighted by atomic mass is 16.3. The summed E-state index contributed by atoms with van der Waals surface area (Å²) in [5.41, 5.74) is 18.7. The summed E-state index contributed by atoms with van der Waals surface area (Å²) in [7, 11) is 0. The van der Waals surface area contributed by atoms with Gasteiger partial charge in [0, 0.05) is 42.7 Å². The maximum atomic E-state index is 14.5. The topological polar surface area (TPSA) is 292 Å². The predicted octanol–water partition coefficient (Wildman–Crippen LogP) is -2.03. The van der Waals surface area contributed by atoms with Crippen molar-refractivity contribution in [3.8, 4) is 0 Å². The van der Waals surface area contributed by atoms with E-state index in [1.807, 2.05) is 31.2 Å². The molecule has 18 heteroatoms. The zero-order valence-electron chi connectivity index (χ0n) is 31.3. The predicted molar refractivity (Wildman–Crippen MR) is 201 cm³/mol. The van der Waals surface area contributed by atoms with Crippen molar-refractivity contribution in [3.63, 3.8) is 0 Å². The Hall–Kier alpha value is -5.23. The summed E-state index contributed by atoms with van der Waals surface area (Å²) in [4.78, 5) is 92.3. The van der Waals surface area contributed by atoms with Crippen LogP contribution in [0.3, 0.4) is 0 Å². The normalized spacial score (nSPS) is 26.6. The van der Waals surface area contributed by atoms with Crippen LogP contribution in [0.1, 0.15) is 65.4 Å². The van der Waals surface area contributed by atoms with Gasteiger partial charge in [-0.2, -0.15) is 0 Å². The fraction of sp³-hybridized carbons (Fsp3) is 0.583. The molecule has 2 saturated heterocycles. The Labute approximate surface area is 314 Å². The van der Waals surface area contributed by atoms with E-state index in [9.17, 15) is 33.9 Å². The number of aromatic nitrogens is 1. The molecule has 9 atom stereocenters. The standard InChI is InChI=1S/C36H55N11O7/c1-5-18(2)27-32(51)45-28(19(3)37)33(52)42-24(12-8-14-40-36(38)39)30(49)43-25(16-21-17-41-23-11-7-6-10-22(21)23)35(54)47-15-9-13-26(47)31(50)46-29(20(4)48)34(53)44-27/h6-7,10-11,17-20,24-29,41,48H,5,8-9,12-16,37H2,1-4H3,(H,42,52)(H,43,49)(H,44,53)(H,45,51)(H,46,50)(H4,38,39,40)/t18-,19?,20+,24-,25-,26+,27-,28+,29-/m0/s1. The van der Waals surface area contributed by atoms with E-state index in [0.717, 1.165) is 16.5 Å². The number of carbonyl (C=O) groups is 6. The lowest BCUT2D eigenvalue weighted by Gasteiger charge is -2.33. The zero-order chi connectivity index (χ0) is 39.7. The smallest absolute Gasteiger partial charge is 0.246 e. The molecule has 1 unspecified atom stereocenters. The van der Waals surface area contributed by atoms with Crippen molar-refractivity contribution in [1.29, 1.82) is 0 Å². The van der Waals surface area contributed by atoms with E-state index in [0.29, 0.717) is 12.8 Å². The first-order valence-corrected chi connectivity index (χ1v) is 18.5. The van der Waals surface area contributed by atoms with Crippen molar-refractivity contribution < 1.29 is 33.9 Å². The summed E-state index contributed by atoms with van der Waals surface area (Å²) in [5, 5.41) is 24.9. The van der Waals surface area contributed by atoms with Crippen molar-refractivity contribution >= 4 is 52.3 Å². The van der Waals surface area contributed by atoms with Crippen LogP contribution in [0.15, 0.2) is 35.5 Å². The van der Waals surface area contributed by atoms with Gasteiger partial charge in [0.1, 0.15) is 36.3 Å². The number of aliphatic imine (C=N–C) groups is 1. The van der Waals surface area contributed by atoms with Crippen molar-refractivity contribution in [2.24, 2.45) is 28.1 Å². The third kappa shape index (κ3) is 10.2. The van der Waals surface area contributed by atoms with E-state index < -0.39 is 89.8 Å². The van der Waals surface area contributed by atoms with Crippen LogP contribution >= 0.6 is 0 Å². The molecule has 1 aromatic heterocycles. The highest BCUT2D eigenvalue weighted by Gasteiger charge is 2.42. The maximum absolute atomic E-state index is 14.5. The minimum absolute atomic E-state index is 0.0301. The van der Waals surface area contributed by atoms with Crippen LogP contribution in [0.5, 0.6) is 0 Å². The van der Waals surface area contributed by atoms with Crippen LogP contribution in [0.25, 0.3) is 10.9 Å². The third-order valence-corrected chi connectivity index (χ3v) is 10.1. The van der Waals surface area contributed by atoms with Crippen molar-refractivity contribution in [1.82, 2.24) is 36.5 Å². The zero-order valence-corrected chi connectivity index (χ0v) is 31.3. The molecule has 296 valence electrons. The van der Waals surface area contributed by atoms with Crippen LogP contribution in [0.4, 0.5) is 0 Å². The van der Waals surface area contributed by atoms with Gasteiger partial charge in [-0.05, 0) is 57.1 Å². The Morgan fingerprint density at radius 3 is 2.17 bits per heavy atom. The van der Waals surface area contributed by atoms with E-state index in [1.54, 1.807) is 13.1 Å². The third-order valence-electron chi connectivity index (χ3n) is 10.1. The summed E-state index contributed by atoms with van der Waals surface area (Å²) in [6.07, 6.45) is 1.86. The molecule has 54 heavy (non-hydrogen) atoms. The fourth-order valence-corrected chi connectivity index (χ4v) is 6.81. The number of aliphatic hydroxyl groups is 1. The van der Waals surface area contributed by atoms with Crippen LogP contribution < -0.4 is 43.8 Å². The van der Waals surface area contributed by atoms with E-state index >= 15 is 0 Å². The first-order chi connectivity index (χ1) is 25.6. The first-order valence-electron chi connectivity index (χ1n) is 18.5. The molecule has 3 heterocycles. The Morgan fingerprint density at radius 1 is 0.870 bits per heavy atom. The molecule has 2 aromatic rings. The minimum atomic E-state index is -1.48. The Bertz CT molecular complexity index is 1710. The second-order valence-corrected chi connectivity index (χ2v) is 14.3. The van der Waals surface area contributed by atoms with Gasteiger partial charge in [-0.25, -0.2) is 0 Å². The monoisotopic (exact) mass is 753 g/mol. The Balaban J connectivity index is 1.78. The quantitative estimate of drug-likeness (QED) is 0.0721. The molecule has 2 aliphatic heterocycles. The molecule has 1 aromatic carbocycles. The molecule has 13 N–H and O–H groups in total. The van der Waals surface area contributed by atoms with E-state index in [4.69, 9.17) is 17.2 Å². The van der Waals surface area contributed by atoms with Gasteiger partial charge in [-0.3, -0.25) is 33.8 Å². The number of benzene rings is 1.